The van der Waals surface area contributed by atoms with Crippen molar-refractivity contribution in [3.8, 4) is 0 Å². The zero-order chi connectivity index (χ0) is 11.8. The van der Waals surface area contributed by atoms with Crippen LogP contribution in [0.2, 0.25) is 0 Å². The number of alkyl halides is 1. The summed E-state index contributed by atoms with van der Waals surface area (Å²) in [5, 5.41) is 0. The van der Waals surface area contributed by atoms with Crippen molar-refractivity contribution in [2.45, 2.75) is 26.1 Å². The molecule has 0 unspecified atom stereocenters. The maximum absolute atomic E-state index is 5.99. The molecular formula is C13H17BrClN. The number of rotatable bonds is 2. The first kappa shape index (κ1) is 12.3. The number of hydrogen-bond acceptors (Lipinski definition) is 1. The van der Waals surface area contributed by atoms with Crippen molar-refractivity contribution >= 4 is 33.2 Å². The number of anilines is 1. The Morgan fingerprint density at radius 3 is 2.75 bits per heavy atom. The largest absolute Gasteiger partial charge is 0.371 e. The van der Waals surface area contributed by atoms with Crippen LogP contribution in [-0.2, 0) is 5.88 Å². The van der Waals surface area contributed by atoms with Crippen LogP contribution >= 0.6 is 27.5 Å². The van der Waals surface area contributed by atoms with Crippen LogP contribution in [0.3, 0.4) is 0 Å². The van der Waals surface area contributed by atoms with E-state index in [1.165, 1.54) is 17.7 Å². The van der Waals surface area contributed by atoms with Crippen molar-refractivity contribution in [2.24, 2.45) is 5.41 Å². The summed E-state index contributed by atoms with van der Waals surface area (Å²) >= 11 is 9.52. The molecule has 1 aliphatic rings. The van der Waals surface area contributed by atoms with Gasteiger partial charge in [0.2, 0.25) is 0 Å². The molecule has 2 rings (SSSR count). The molecule has 0 aromatic heterocycles. The van der Waals surface area contributed by atoms with Crippen LogP contribution in [0.25, 0.3) is 0 Å². The molecule has 1 aromatic carbocycles. The minimum Gasteiger partial charge on any atom is -0.371 e. The third-order valence-electron chi connectivity index (χ3n) is 3.21. The molecule has 0 spiro atoms. The molecule has 0 N–H and O–H groups in total. The van der Waals surface area contributed by atoms with E-state index in [1.54, 1.807) is 0 Å². The van der Waals surface area contributed by atoms with Gasteiger partial charge in [-0.1, -0.05) is 35.8 Å². The number of benzene rings is 1. The molecule has 16 heavy (non-hydrogen) atoms. The summed E-state index contributed by atoms with van der Waals surface area (Å²) < 4.78 is 1.13. The monoisotopic (exact) mass is 301 g/mol. The second-order valence-corrected chi connectivity index (χ2v) is 6.43. The fourth-order valence-corrected chi connectivity index (χ4v) is 2.84. The highest BCUT2D eigenvalue weighted by molar-refractivity contribution is 9.10. The van der Waals surface area contributed by atoms with Gasteiger partial charge in [0.25, 0.3) is 0 Å². The molecule has 88 valence electrons. The van der Waals surface area contributed by atoms with E-state index in [2.05, 4.69) is 52.9 Å². The molecule has 1 fully saturated rings. The molecule has 0 bridgehead atoms. The quantitative estimate of drug-likeness (QED) is 0.731. The lowest BCUT2D eigenvalue weighted by atomic mass is 9.93. The Morgan fingerprint density at radius 1 is 1.44 bits per heavy atom. The smallest absolute Gasteiger partial charge is 0.0494 e. The molecule has 0 amide bonds. The van der Waals surface area contributed by atoms with Crippen LogP contribution < -0.4 is 4.90 Å². The molecule has 1 saturated heterocycles. The van der Waals surface area contributed by atoms with E-state index in [0.717, 1.165) is 17.6 Å². The minimum absolute atomic E-state index is 0.423. The molecule has 1 aliphatic heterocycles. The van der Waals surface area contributed by atoms with Crippen molar-refractivity contribution in [2.75, 3.05) is 18.0 Å². The molecule has 3 heteroatoms. The first-order valence-corrected chi connectivity index (χ1v) is 6.94. The standard InChI is InChI=1S/C13H17BrClN/c1-13(2)5-6-16(9-13)12-7-11(14)4-3-10(12)8-15/h3-4,7H,5-6,8-9H2,1-2H3. The number of halogens is 2. The second kappa shape index (κ2) is 4.58. The van der Waals surface area contributed by atoms with Crippen molar-refractivity contribution in [3.63, 3.8) is 0 Å². The third-order valence-corrected chi connectivity index (χ3v) is 3.99. The van der Waals surface area contributed by atoms with Crippen LogP contribution in [0, 0.1) is 5.41 Å². The fraction of sp³-hybridized carbons (Fsp3) is 0.538. The summed E-state index contributed by atoms with van der Waals surface area (Å²) in [4.78, 5) is 2.45. The van der Waals surface area contributed by atoms with Crippen molar-refractivity contribution in [1.82, 2.24) is 0 Å². The Labute approximate surface area is 111 Å². The van der Waals surface area contributed by atoms with E-state index in [4.69, 9.17) is 11.6 Å². The first-order valence-electron chi connectivity index (χ1n) is 5.61. The molecule has 0 saturated carbocycles. The molecule has 1 heterocycles. The number of hydrogen-bond donors (Lipinski definition) is 0. The lowest BCUT2D eigenvalue weighted by Gasteiger charge is -2.24. The van der Waals surface area contributed by atoms with Gasteiger partial charge >= 0.3 is 0 Å². The molecule has 1 aromatic rings. The highest BCUT2D eigenvalue weighted by atomic mass is 79.9. The van der Waals surface area contributed by atoms with Gasteiger partial charge in [-0.25, -0.2) is 0 Å². The maximum Gasteiger partial charge on any atom is 0.0494 e. The maximum atomic E-state index is 5.99. The minimum atomic E-state index is 0.423. The molecule has 1 nitrogen and oxygen atoms in total. The van der Waals surface area contributed by atoms with E-state index >= 15 is 0 Å². The predicted octanol–water partition coefficient (Wildman–Crippen LogP) is 4.42. The van der Waals surface area contributed by atoms with Gasteiger partial charge in [-0.3, -0.25) is 0 Å². The van der Waals surface area contributed by atoms with Crippen molar-refractivity contribution in [3.05, 3.63) is 28.2 Å². The fourth-order valence-electron chi connectivity index (χ4n) is 2.26. The molecule has 0 radical (unpaired) electrons. The molecular weight excluding hydrogens is 286 g/mol. The Morgan fingerprint density at radius 2 is 2.19 bits per heavy atom. The molecule has 0 aliphatic carbocycles. The van der Waals surface area contributed by atoms with Crippen LogP contribution in [0.15, 0.2) is 22.7 Å². The average molecular weight is 303 g/mol. The van der Waals surface area contributed by atoms with Gasteiger partial charge in [-0.15, -0.1) is 11.6 Å². The lowest BCUT2D eigenvalue weighted by Crippen LogP contribution is -2.23. The van der Waals surface area contributed by atoms with Gasteiger partial charge in [0.05, 0.1) is 0 Å². The Kier molecular flexibility index (Phi) is 3.50. The van der Waals surface area contributed by atoms with Gasteiger partial charge in [0.15, 0.2) is 0 Å². The van der Waals surface area contributed by atoms with Crippen LogP contribution in [0.1, 0.15) is 25.8 Å². The first-order chi connectivity index (χ1) is 7.52. The lowest BCUT2D eigenvalue weighted by molar-refractivity contribution is 0.418. The summed E-state index contributed by atoms with van der Waals surface area (Å²) in [6, 6.07) is 6.35. The average Bonchev–Trinajstić information content (AvgIpc) is 2.59. The van der Waals surface area contributed by atoms with Crippen molar-refractivity contribution in [1.29, 1.82) is 0 Å². The molecule has 0 atom stereocenters. The van der Waals surface area contributed by atoms with Gasteiger partial charge in [0.1, 0.15) is 0 Å². The van der Waals surface area contributed by atoms with E-state index in [1.807, 2.05) is 0 Å². The zero-order valence-corrected chi connectivity index (χ0v) is 12.1. The highest BCUT2D eigenvalue weighted by Crippen LogP contribution is 2.35. The number of nitrogens with zero attached hydrogens (tertiary/aromatic N) is 1. The van der Waals surface area contributed by atoms with E-state index in [9.17, 15) is 0 Å². The summed E-state index contributed by atoms with van der Waals surface area (Å²) in [6.45, 7) is 6.90. The van der Waals surface area contributed by atoms with Gasteiger partial charge in [-0.2, -0.15) is 0 Å². The van der Waals surface area contributed by atoms with Crippen molar-refractivity contribution < 1.29 is 0 Å². The predicted molar refractivity (Wildman–Crippen MR) is 74.3 cm³/mol. The Hall–Kier alpha value is -0.210. The van der Waals surface area contributed by atoms with E-state index < -0.39 is 0 Å². The Bertz CT molecular complexity index is 390. The second-order valence-electron chi connectivity index (χ2n) is 5.24. The van der Waals surface area contributed by atoms with Gasteiger partial charge < -0.3 is 4.90 Å². The highest BCUT2D eigenvalue weighted by Gasteiger charge is 2.30. The zero-order valence-electron chi connectivity index (χ0n) is 9.76. The van der Waals surface area contributed by atoms with E-state index in [-0.39, 0.29) is 0 Å². The van der Waals surface area contributed by atoms with Crippen LogP contribution in [-0.4, -0.2) is 13.1 Å². The normalized spacial score (nSPS) is 19.1. The van der Waals surface area contributed by atoms with Gasteiger partial charge in [-0.05, 0) is 29.5 Å². The summed E-state index contributed by atoms with van der Waals surface area (Å²) in [5.74, 6) is 0.583. The summed E-state index contributed by atoms with van der Waals surface area (Å²) in [7, 11) is 0. The van der Waals surface area contributed by atoms with Crippen LogP contribution in [0.5, 0.6) is 0 Å². The van der Waals surface area contributed by atoms with Gasteiger partial charge in [0, 0.05) is 29.1 Å². The SMILES string of the molecule is CC1(C)CCN(c2cc(Br)ccc2CCl)C1. The summed E-state index contributed by atoms with van der Waals surface area (Å²) in [6.07, 6.45) is 1.25. The third kappa shape index (κ3) is 2.54. The van der Waals surface area contributed by atoms with Crippen LogP contribution in [0.4, 0.5) is 5.69 Å². The summed E-state index contributed by atoms with van der Waals surface area (Å²) in [5.41, 5.74) is 2.93. The Balaban J connectivity index is 2.30. The topological polar surface area (TPSA) is 3.24 Å². The van der Waals surface area contributed by atoms with E-state index in [0.29, 0.717) is 11.3 Å².